The van der Waals surface area contributed by atoms with Crippen molar-refractivity contribution < 1.29 is 22.7 Å². The fraction of sp³-hybridized carbons (Fsp3) is 0.300. The molecule has 0 aliphatic carbocycles. The predicted octanol–water partition coefficient (Wildman–Crippen LogP) is 2.79. The standard InChI is InChI=1S/C20H22N2O5S/c1-12-9-14(28(25,26)22(3)4)10-17(13(12)2)21-19(23)11-18-15-7-5-6-8-16(15)20(24)27-18/h5-10,18H,11H2,1-4H3,(H,21,23). The van der Waals surface area contributed by atoms with Crippen LogP contribution >= 0.6 is 0 Å². The van der Waals surface area contributed by atoms with Crippen molar-refractivity contribution in [3.63, 3.8) is 0 Å². The molecule has 0 radical (unpaired) electrons. The molecule has 0 saturated carbocycles. The molecule has 3 rings (SSSR count). The smallest absolute Gasteiger partial charge is 0.339 e. The first-order valence-electron chi connectivity index (χ1n) is 8.75. The molecule has 0 bridgehead atoms. The van der Waals surface area contributed by atoms with E-state index in [2.05, 4.69) is 5.32 Å². The molecule has 1 atom stereocenters. The summed E-state index contributed by atoms with van der Waals surface area (Å²) < 4.78 is 31.3. The molecule has 8 heteroatoms. The number of nitrogens with one attached hydrogen (secondary N) is 1. The van der Waals surface area contributed by atoms with Gasteiger partial charge < -0.3 is 10.1 Å². The first kappa shape index (κ1) is 20.0. The maximum absolute atomic E-state index is 12.6. The Labute approximate surface area is 164 Å². The number of rotatable bonds is 5. The molecule has 1 aliphatic rings. The molecule has 148 valence electrons. The molecule has 7 nitrogen and oxygen atoms in total. The summed E-state index contributed by atoms with van der Waals surface area (Å²) >= 11 is 0. The van der Waals surface area contributed by atoms with E-state index in [1.165, 1.54) is 20.2 Å². The Morgan fingerprint density at radius 3 is 2.54 bits per heavy atom. The predicted molar refractivity (Wildman–Crippen MR) is 105 cm³/mol. The summed E-state index contributed by atoms with van der Waals surface area (Å²) in [7, 11) is -0.725. The number of fused-ring (bicyclic) bond motifs is 1. The molecule has 1 unspecified atom stereocenters. The maximum Gasteiger partial charge on any atom is 0.339 e. The van der Waals surface area contributed by atoms with E-state index in [1.54, 1.807) is 37.3 Å². The lowest BCUT2D eigenvalue weighted by atomic mass is 10.0. The summed E-state index contributed by atoms with van der Waals surface area (Å²) in [4.78, 5) is 24.6. The Morgan fingerprint density at radius 1 is 1.18 bits per heavy atom. The number of aryl methyl sites for hydroxylation is 1. The number of carbonyl (C=O) groups excluding carboxylic acids is 2. The molecule has 0 aromatic heterocycles. The Bertz CT molecular complexity index is 1060. The van der Waals surface area contributed by atoms with Gasteiger partial charge in [0.25, 0.3) is 0 Å². The van der Waals surface area contributed by atoms with Crippen LogP contribution in [-0.4, -0.2) is 38.7 Å². The van der Waals surface area contributed by atoms with Gasteiger partial charge in [0.15, 0.2) is 0 Å². The van der Waals surface area contributed by atoms with E-state index in [-0.39, 0.29) is 17.2 Å². The SMILES string of the molecule is Cc1cc(S(=O)(=O)N(C)C)cc(NC(=O)CC2OC(=O)c3ccccc32)c1C. The van der Waals surface area contributed by atoms with E-state index in [0.29, 0.717) is 16.8 Å². The molecular weight excluding hydrogens is 380 g/mol. The molecule has 0 fully saturated rings. The van der Waals surface area contributed by atoms with Crippen molar-refractivity contribution >= 4 is 27.6 Å². The van der Waals surface area contributed by atoms with Gasteiger partial charge in [-0.3, -0.25) is 4.79 Å². The van der Waals surface area contributed by atoms with E-state index in [1.807, 2.05) is 6.92 Å². The van der Waals surface area contributed by atoms with Gasteiger partial charge in [-0.05, 0) is 43.2 Å². The lowest BCUT2D eigenvalue weighted by molar-refractivity contribution is -0.118. The van der Waals surface area contributed by atoms with Crippen LogP contribution in [0, 0.1) is 13.8 Å². The van der Waals surface area contributed by atoms with E-state index >= 15 is 0 Å². The minimum atomic E-state index is -3.63. The van der Waals surface area contributed by atoms with Gasteiger partial charge in [0, 0.05) is 25.3 Å². The van der Waals surface area contributed by atoms with Gasteiger partial charge in [-0.2, -0.15) is 0 Å². The summed E-state index contributed by atoms with van der Waals surface area (Å²) in [6, 6.07) is 9.98. The van der Waals surface area contributed by atoms with E-state index in [4.69, 9.17) is 4.74 Å². The van der Waals surface area contributed by atoms with Crippen molar-refractivity contribution in [3.8, 4) is 0 Å². The second kappa shape index (κ2) is 7.37. The van der Waals surface area contributed by atoms with Crippen molar-refractivity contribution in [2.75, 3.05) is 19.4 Å². The number of ether oxygens (including phenoxy) is 1. The fourth-order valence-corrected chi connectivity index (χ4v) is 4.07. The Morgan fingerprint density at radius 2 is 1.86 bits per heavy atom. The molecule has 1 heterocycles. The van der Waals surface area contributed by atoms with Crippen molar-refractivity contribution in [2.45, 2.75) is 31.3 Å². The average molecular weight is 402 g/mol. The van der Waals surface area contributed by atoms with Crippen LogP contribution < -0.4 is 5.32 Å². The van der Waals surface area contributed by atoms with Gasteiger partial charge in [-0.25, -0.2) is 17.5 Å². The van der Waals surface area contributed by atoms with E-state index in [9.17, 15) is 18.0 Å². The third-order valence-electron chi connectivity index (χ3n) is 4.84. The first-order valence-corrected chi connectivity index (χ1v) is 10.2. The van der Waals surface area contributed by atoms with Crippen LogP contribution in [0.15, 0.2) is 41.3 Å². The summed E-state index contributed by atoms with van der Waals surface area (Å²) in [5, 5.41) is 2.76. The van der Waals surface area contributed by atoms with Crippen LogP contribution in [-0.2, 0) is 19.6 Å². The lowest BCUT2D eigenvalue weighted by Gasteiger charge is -2.17. The summed E-state index contributed by atoms with van der Waals surface area (Å²) in [6.45, 7) is 3.59. The number of hydrogen-bond donors (Lipinski definition) is 1. The van der Waals surface area contributed by atoms with E-state index < -0.39 is 22.1 Å². The number of carbonyl (C=O) groups is 2. The molecule has 0 saturated heterocycles. The maximum atomic E-state index is 12.6. The van der Waals surface area contributed by atoms with Crippen molar-refractivity contribution in [3.05, 3.63) is 58.7 Å². The lowest BCUT2D eigenvalue weighted by Crippen LogP contribution is -2.23. The topological polar surface area (TPSA) is 92.8 Å². The van der Waals surface area contributed by atoms with Gasteiger partial charge in [0.1, 0.15) is 6.10 Å². The van der Waals surface area contributed by atoms with Crippen molar-refractivity contribution in [2.24, 2.45) is 0 Å². The molecule has 0 spiro atoms. The zero-order chi connectivity index (χ0) is 20.6. The molecule has 1 aliphatic heterocycles. The quantitative estimate of drug-likeness (QED) is 0.777. The highest BCUT2D eigenvalue weighted by Crippen LogP contribution is 2.33. The summed E-state index contributed by atoms with van der Waals surface area (Å²) in [6.07, 6.45) is -0.704. The Hall–Kier alpha value is -2.71. The largest absolute Gasteiger partial charge is 0.453 e. The van der Waals surface area contributed by atoms with Crippen LogP contribution in [0.5, 0.6) is 0 Å². The van der Waals surface area contributed by atoms with Crippen LogP contribution in [0.3, 0.4) is 0 Å². The number of nitrogens with zero attached hydrogens (tertiary/aromatic N) is 1. The second-order valence-corrected chi connectivity index (χ2v) is 9.09. The van der Waals surface area contributed by atoms with Crippen LogP contribution in [0.25, 0.3) is 0 Å². The Kier molecular flexibility index (Phi) is 5.27. The minimum Gasteiger partial charge on any atom is -0.453 e. The zero-order valence-corrected chi connectivity index (χ0v) is 17.0. The fourth-order valence-electron chi connectivity index (χ4n) is 3.06. The molecule has 2 aromatic carbocycles. The number of esters is 1. The molecule has 28 heavy (non-hydrogen) atoms. The zero-order valence-electron chi connectivity index (χ0n) is 16.1. The van der Waals surface area contributed by atoms with Crippen LogP contribution in [0.2, 0.25) is 0 Å². The average Bonchev–Trinajstić information content (AvgIpc) is 2.94. The van der Waals surface area contributed by atoms with Gasteiger partial charge in [0.05, 0.1) is 16.9 Å². The number of benzene rings is 2. The molecule has 2 aromatic rings. The molecule has 1 amide bonds. The number of anilines is 1. The van der Waals surface area contributed by atoms with Gasteiger partial charge >= 0.3 is 5.97 Å². The van der Waals surface area contributed by atoms with E-state index in [0.717, 1.165) is 15.4 Å². The number of hydrogen-bond acceptors (Lipinski definition) is 5. The van der Waals surface area contributed by atoms with Gasteiger partial charge in [-0.1, -0.05) is 18.2 Å². The van der Waals surface area contributed by atoms with Crippen LogP contribution in [0.4, 0.5) is 5.69 Å². The van der Waals surface area contributed by atoms with Gasteiger partial charge in [0.2, 0.25) is 15.9 Å². The third-order valence-corrected chi connectivity index (χ3v) is 6.63. The molecular formula is C20H22N2O5S. The highest BCUT2D eigenvalue weighted by Gasteiger charge is 2.32. The molecule has 1 N–H and O–H groups in total. The Balaban J connectivity index is 1.83. The highest BCUT2D eigenvalue weighted by molar-refractivity contribution is 7.89. The van der Waals surface area contributed by atoms with Gasteiger partial charge in [-0.15, -0.1) is 0 Å². The summed E-state index contributed by atoms with van der Waals surface area (Å²) in [5.74, 6) is -0.809. The second-order valence-electron chi connectivity index (χ2n) is 6.93. The van der Waals surface area contributed by atoms with Crippen molar-refractivity contribution in [1.29, 1.82) is 0 Å². The van der Waals surface area contributed by atoms with Crippen molar-refractivity contribution in [1.82, 2.24) is 4.31 Å². The normalized spacial score (nSPS) is 16.0. The van der Waals surface area contributed by atoms with Crippen LogP contribution in [0.1, 0.15) is 39.6 Å². The monoisotopic (exact) mass is 402 g/mol. The number of sulfonamides is 1. The number of amides is 1. The summed E-state index contributed by atoms with van der Waals surface area (Å²) in [5.41, 5.74) is 3.08. The number of cyclic esters (lactones) is 1. The highest BCUT2D eigenvalue weighted by atomic mass is 32.2. The third kappa shape index (κ3) is 3.65. The minimum absolute atomic E-state index is 0.0497. The first-order chi connectivity index (χ1) is 13.1.